The van der Waals surface area contributed by atoms with Crippen LogP contribution in [0.1, 0.15) is 42.1 Å². The lowest BCUT2D eigenvalue weighted by Gasteiger charge is -2.19. The fourth-order valence-corrected chi connectivity index (χ4v) is 2.95. The Morgan fingerprint density at radius 2 is 1.77 bits per heavy atom. The summed E-state index contributed by atoms with van der Waals surface area (Å²) in [7, 11) is 0. The van der Waals surface area contributed by atoms with Gasteiger partial charge < -0.3 is 25.2 Å². The lowest BCUT2D eigenvalue weighted by Crippen LogP contribution is -2.22. The third-order valence-electron chi connectivity index (χ3n) is 4.06. The van der Waals surface area contributed by atoms with Crippen molar-refractivity contribution >= 4 is 23.4 Å². The highest BCUT2D eigenvalue weighted by Gasteiger charge is 2.27. The van der Waals surface area contributed by atoms with Crippen LogP contribution in [0.2, 0.25) is 5.02 Å². The number of halogens is 1. The van der Waals surface area contributed by atoms with E-state index in [0.29, 0.717) is 0 Å². The number of hydrogen-bond acceptors (Lipinski definition) is 7. The first-order valence-corrected chi connectivity index (χ1v) is 8.57. The number of fused-ring (bicyclic) bond motifs is 1. The lowest BCUT2D eigenvalue weighted by molar-refractivity contribution is -0.118. The van der Waals surface area contributed by atoms with E-state index in [1.165, 1.54) is 12.2 Å². The summed E-state index contributed by atoms with van der Waals surface area (Å²) < 4.78 is 5.22. The Labute approximate surface area is 155 Å². The van der Waals surface area contributed by atoms with Gasteiger partial charge in [0, 0.05) is 30.9 Å². The number of phenolic OH excluding ortho intramolecular Hbond substituents is 2. The molecule has 0 aromatic heterocycles. The van der Waals surface area contributed by atoms with E-state index in [-0.39, 0.29) is 47.6 Å². The normalized spacial score (nSPS) is 26.5. The Hall–Kier alpha value is -2.09. The van der Waals surface area contributed by atoms with Crippen molar-refractivity contribution in [3.05, 3.63) is 34.4 Å². The number of Topliss-reactive ketones (excluding diaryl/α,β-unsaturated/α-hetero) is 1. The molecule has 0 saturated heterocycles. The van der Waals surface area contributed by atoms with Gasteiger partial charge >= 0.3 is 5.97 Å². The third kappa shape index (κ3) is 4.97. The Bertz CT molecular complexity index is 729. The van der Waals surface area contributed by atoms with Gasteiger partial charge in [0.05, 0.1) is 17.2 Å². The summed E-state index contributed by atoms with van der Waals surface area (Å²) in [5.74, 6) is -2.27. The number of benzene rings is 1. The lowest BCUT2D eigenvalue weighted by atomic mass is 9.97. The van der Waals surface area contributed by atoms with Gasteiger partial charge in [0.1, 0.15) is 28.9 Å². The molecule has 4 N–H and O–H groups in total. The number of carbonyl (C=O) groups is 2. The van der Waals surface area contributed by atoms with E-state index < -0.39 is 35.8 Å². The Kier molecular flexibility index (Phi) is 6.63. The molecule has 3 unspecified atom stereocenters. The largest absolute Gasteiger partial charge is 0.507 e. The first-order chi connectivity index (χ1) is 12.2. The molecule has 0 saturated carbocycles. The highest BCUT2D eigenvalue weighted by atomic mass is 35.5. The van der Waals surface area contributed by atoms with Crippen molar-refractivity contribution in [3.63, 3.8) is 0 Å². The molecule has 26 heavy (non-hydrogen) atoms. The third-order valence-corrected chi connectivity index (χ3v) is 4.48. The number of hydrogen-bond donors (Lipinski definition) is 4. The maximum absolute atomic E-state index is 12.5. The van der Waals surface area contributed by atoms with Crippen LogP contribution in [0, 0.1) is 0 Å². The fourth-order valence-electron chi connectivity index (χ4n) is 2.73. The van der Waals surface area contributed by atoms with Gasteiger partial charge in [-0.25, -0.2) is 4.79 Å². The topological polar surface area (TPSA) is 124 Å². The van der Waals surface area contributed by atoms with E-state index >= 15 is 0 Å². The van der Waals surface area contributed by atoms with E-state index in [4.69, 9.17) is 16.3 Å². The van der Waals surface area contributed by atoms with Crippen molar-refractivity contribution < 1.29 is 34.8 Å². The van der Waals surface area contributed by atoms with Gasteiger partial charge in [0.15, 0.2) is 0 Å². The van der Waals surface area contributed by atoms with Crippen molar-refractivity contribution in [1.82, 2.24) is 0 Å². The number of phenols is 2. The minimum Gasteiger partial charge on any atom is -0.507 e. The van der Waals surface area contributed by atoms with Gasteiger partial charge in [0.2, 0.25) is 0 Å². The molecule has 7 nitrogen and oxygen atoms in total. The van der Waals surface area contributed by atoms with Crippen LogP contribution in [0.3, 0.4) is 0 Å². The Balaban J connectivity index is 2.45. The first-order valence-electron chi connectivity index (χ1n) is 8.19. The number of carbonyl (C=O) groups excluding carboxylic acids is 2. The van der Waals surface area contributed by atoms with Crippen LogP contribution in [0.4, 0.5) is 0 Å². The molecule has 0 amide bonds. The molecule has 0 spiro atoms. The predicted molar refractivity (Wildman–Crippen MR) is 93.4 cm³/mol. The molecule has 0 radical (unpaired) electrons. The summed E-state index contributed by atoms with van der Waals surface area (Å²) in [5, 5.41) is 39.4. The van der Waals surface area contributed by atoms with Crippen molar-refractivity contribution in [2.24, 2.45) is 0 Å². The van der Waals surface area contributed by atoms with Gasteiger partial charge in [-0.2, -0.15) is 0 Å². The minimum atomic E-state index is -0.956. The van der Waals surface area contributed by atoms with Crippen LogP contribution in [0.5, 0.6) is 11.5 Å². The molecule has 2 rings (SSSR count). The summed E-state index contributed by atoms with van der Waals surface area (Å²) in [6.07, 6.45) is 0.0675. The Morgan fingerprint density at radius 3 is 2.46 bits per heavy atom. The van der Waals surface area contributed by atoms with Crippen LogP contribution in [0.15, 0.2) is 18.2 Å². The molecule has 1 aromatic carbocycles. The van der Waals surface area contributed by atoms with E-state index in [2.05, 4.69) is 0 Å². The van der Waals surface area contributed by atoms with Crippen molar-refractivity contribution in [1.29, 1.82) is 0 Å². The maximum Gasteiger partial charge on any atom is 0.342 e. The van der Waals surface area contributed by atoms with Crippen LogP contribution in [-0.2, 0) is 16.0 Å². The standard InChI is InChI=1S/C18H21ClO7/c1-9-6-11(21)4-2-10(20)3-5-12(22)7-13-16(18(25)26-9)14(23)8-15(24)17(13)19/h2,4,8-11,20-21,23-24H,3,5-7H2,1H3/b4-2+. The van der Waals surface area contributed by atoms with E-state index in [1.54, 1.807) is 6.92 Å². The molecule has 0 fully saturated rings. The molecule has 0 bridgehead atoms. The van der Waals surface area contributed by atoms with E-state index in [1.807, 2.05) is 0 Å². The Morgan fingerprint density at radius 1 is 1.12 bits per heavy atom. The number of aromatic hydroxyl groups is 2. The van der Waals surface area contributed by atoms with Gasteiger partial charge in [-0.3, -0.25) is 4.79 Å². The second-order valence-electron chi connectivity index (χ2n) is 6.31. The van der Waals surface area contributed by atoms with Crippen LogP contribution < -0.4 is 0 Å². The van der Waals surface area contributed by atoms with Gasteiger partial charge in [-0.05, 0) is 13.3 Å². The number of esters is 1. The summed E-state index contributed by atoms with van der Waals surface area (Å²) >= 11 is 6.03. The molecule has 1 aromatic rings. The predicted octanol–water partition coefficient (Wildman–Crippen LogP) is 1.87. The van der Waals surface area contributed by atoms with E-state index in [0.717, 1.165) is 6.07 Å². The summed E-state index contributed by atoms with van der Waals surface area (Å²) in [4.78, 5) is 24.7. The highest BCUT2D eigenvalue weighted by molar-refractivity contribution is 6.33. The summed E-state index contributed by atoms with van der Waals surface area (Å²) in [6.45, 7) is 1.56. The van der Waals surface area contributed by atoms with Gasteiger partial charge in [-0.1, -0.05) is 23.8 Å². The molecule has 1 aliphatic heterocycles. The number of rotatable bonds is 0. The smallest absolute Gasteiger partial charge is 0.342 e. The quantitative estimate of drug-likeness (QED) is 0.397. The number of aliphatic hydroxyl groups excluding tert-OH is 2. The second-order valence-corrected chi connectivity index (χ2v) is 6.69. The highest BCUT2D eigenvalue weighted by Crippen LogP contribution is 2.37. The molecule has 0 aliphatic carbocycles. The average Bonchev–Trinajstić information content (AvgIpc) is 2.54. The zero-order valence-electron chi connectivity index (χ0n) is 14.2. The number of ether oxygens (including phenoxy) is 1. The van der Waals surface area contributed by atoms with E-state index in [9.17, 15) is 30.0 Å². The summed E-state index contributed by atoms with van der Waals surface area (Å²) in [5.41, 5.74) is -0.329. The summed E-state index contributed by atoms with van der Waals surface area (Å²) in [6, 6.07) is 0.905. The fraction of sp³-hybridized carbons (Fsp3) is 0.444. The average molecular weight is 385 g/mol. The van der Waals surface area contributed by atoms with Crippen molar-refractivity contribution in [2.45, 2.75) is 50.9 Å². The monoisotopic (exact) mass is 384 g/mol. The van der Waals surface area contributed by atoms with Crippen LogP contribution >= 0.6 is 11.6 Å². The molecule has 142 valence electrons. The number of aliphatic hydroxyl groups is 2. The number of ketones is 1. The second kappa shape index (κ2) is 8.53. The molecule has 3 atom stereocenters. The van der Waals surface area contributed by atoms with Crippen molar-refractivity contribution in [2.75, 3.05) is 0 Å². The number of cyclic esters (lactones) is 1. The molecule has 1 aliphatic rings. The van der Waals surface area contributed by atoms with Crippen LogP contribution in [0.25, 0.3) is 0 Å². The van der Waals surface area contributed by atoms with Crippen LogP contribution in [-0.4, -0.2) is 50.5 Å². The molecular formula is C18H21ClO7. The SMILES string of the molecule is CC1CC(O)/C=C/C(O)CCC(=O)Cc2c(Cl)c(O)cc(O)c2C(=O)O1. The molecule has 1 heterocycles. The van der Waals surface area contributed by atoms with Gasteiger partial charge in [-0.15, -0.1) is 0 Å². The molecule has 8 heteroatoms. The maximum atomic E-state index is 12.5. The van der Waals surface area contributed by atoms with Crippen molar-refractivity contribution in [3.8, 4) is 11.5 Å². The molecular weight excluding hydrogens is 364 g/mol. The zero-order chi connectivity index (χ0) is 19.4. The van der Waals surface area contributed by atoms with Gasteiger partial charge in [0.25, 0.3) is 0 Å². The minimum absolute atomic E-state index is 0.0146. The first kappa shape index (κ1) is 20.2. The zero-order valence-corrected chi connectivity index (χ0v) is 14.9.